The molecule has 1 aromatic heterocycles. The predicted molar refractivity (Wildman–Crippen MR) is 141 cm³/mol. The zero-order valence-electron chi connectivity index (χ0n) is 21.2. The SMILES string of the molecule is COC(=O)c1cccc(C(=O)Nc2nc3cc(CN4CCN(C)CC4)ccc3n2CCCCCN)c1. The normalized spacial score (nSPS) is 14.8. The van der Waals surface area contributed by atoms with Crippen molar-refractivity contribution < 1.29 is 14.3 Å². The highest BCUT2D eigenvalue weighted by Crippen LogP contribution is 2.24. The fraction of sp³-hybridized carbons (Fsp3) is 0.444. The van der Waals surface area contributed by atoms with E-state index in [9.17, 15) is 9.59 Å². The predicted octanol–water partition coefficient (Wildman–Crippen LogP) is 2.95. The summed E-state index contributed by atoms with van der Waals surface area (Å²) in [6.07, 6.45) is 2.91. The summed E-state index contributed by atoms with van der Waals surface area (Å²) >= 11 is 0. The summed E-state index contributed by atoms with van der Waals surface area (Å²) in [6, 6.07) is 12.9. The minimum atomic E-state index is -0.482. The van der Waals surface area contributed by atoms with E-state index in [0.717, 1.165) is 69.6 Å². The van der Waals surface area contributed by atoms with Crippen molar-refractivity contribution in [3.05, 3.63) is 59.2 Å². The molecule has 4 rings (SSSR count). The Morgan fingerprint density at radius 2 is 1.81 bits per heavy atom. The van der Waals surface area contributed by atoms with Crippen LogP contribution >= 0.6 is 0 Å². The highest BCUT2D eigenvalue weighted by molar-refractivity contribution is 6.05. The van der Waals surface area contributed by atoms with Crippen molar-refractivity contribution in [2.45, 2.75) is 32.4 Å². The molecule has 2 aromatic carbocycles. The lowest BCUT2D eigenvalue weighted by molar-refractivity contribution is 0.0600. The number of nitrogens with two attached hydrogens (primary N) is 1. The maximum absolute atomic E-state index is 13.1. The molecule has 0 atom stereocenters. The molecule has 0 radical (unpaired) electrons. The van der Waals surface area contributed by atoms with E-state index < -0.39 is 5.97 Å². The first-order valence-corrected chi connectivity index (χ1v) is 12.6. The van der Waals surface area contributed by atoms with Crippen LogP contribution in [-0.2, 0) is 17.8 Å². The number of fused-ring (bicyclic) bond motifs is 1. The summed E-state index contributed by atoms with van der Waals surface area (Å²) in [4.78, 5) is 34.6. The number of aryl methyl sites for hydroxylation is 1. The van der Waals surface area contributed by atoms with Gasteiger partial charge in [-0.3, -0.25) is 15.0 Å². The standard InChI is InChI=1S/C27H36N6O3/c1-31-13-15-32(16-14-31)19-20-9-10-24-23(17-20)29-27(33(24)12-5-3-4-11-28)30-25(34)21-7-6-8-22(18-21)26(35)36-2/h6-10,17-18H,3-5,11-16,19,28H2,1-2H3,(H,29,30,34). The highest BCUT2D eigenvalue weighted by atomic mass is 16.5. The first-order chi connectivity index (χ1) is 17.5. The van der Waals surface area contributed by atoms with E-state index in [4.69, 9.17) is 15.5 Å². The Bertz CT molecular complexity index is 1200. The Kier molecular flexibility index (Phi) is 8.69. The van der Waals surface area contributed by atoms with Crippen LogP contribution in [-0.4, -0.2) is 78.1 Å². The Morgan fingerprint density at radius 1 is 1.03 bits per heavy atom. The van der Waals surface area contributed by atoms with Crippen molar-refractivity contribution in [1.29, 1.82) is 0 Å². The largest absolute Gasteiger partial charge is 0.465 e. The summed E-state index contributed by atoms with van der Waals surface area (Å²) in [5, 5.41) is 2.97. The molecule has 2 heterocycles. The number of aromatic nitrogens is 2. The summed E-state index contributed by atoms with van der Waals surface area (Å²) in [5.74, 6) is -0.301. The number of nitrogens with one attached hydrogen (secondary N) is 1. The zero-order valence-corrected chi connectivity index (χ0v) is 21.2. The van der Waals surface area contributed by atoms with Crippen molar-refractivity contribution in [2.24, 2.45) is 5.73 Å². The number of unbranched alkanes of at least 4 members (excludes halogenated alkanes) is 2. The molecule has 1 aliphatic heterocycles. The monoisotopic (exact) mass is 492 g/mol. The van der Waals surface area contributed by atoms with Crippen LogP contribution in [0.3, 0.4) is 0 Å². The summed E-state index contributed by atoms with van der Waals surface area (Å²) in [5.41, 5.74) is 9.43. The van der Waals surface area contributed by atoms with Gasteiger partial charge in [0.1, 0.15) is 0 Å². The Labute approximate surface area is 212 Å². The van der Waals surface area contributed by atoms with Gasteiger partial charge in [-0.15, -0.1) is 0 Å². The molecule has 36 heavy (non-hydrogen) atoms. The number of amides is 1. The van der Waals surface area contributed by atoms with Crippen LogP contribution < -0.4 is 11.1 Å². The van der Waals surface area contributed by atoms with Crippen molar-refractivity contribution in [3.63, 3.8) is 0 Å². The summed E-state index contributed by atoms with van der Waals surface area (Å²) < 4.78 is 6.84. The summed E-state index contributed by atoms with van der Waals surface area (Å²) in [7, 11) is 3.48. The van der Waals surface area contributed by atoms with E-state index >= 15 is 0 Å². The van der Waals surface area contributed by atoms with E-state index in [2.05, 4.69) is 44.9 Å². The lowest BCUT2D eigenvalue weighted by Gasteiger charge is -2.32. The average Bonchev–Trinajstić information content (AvgIpc) is 3.23. The minimum absolute atomic E-state index is 0.322. The number of imidazole rings is 1. The molecule has 192 valence electrons. The number of methoxy groups -OCH3 is 1. The van der Waals surface area contributed by atoms with Crippen LogP contribution in [0.1, 0.15) is 45.5 Å². The first-order valence-electron chi connectivity index (χ1n) is 12.6. The van der Waals surface area contributed by atoms with Crippen molar-refractivity contribution in [3.8, 4) is 0 Å². The molecule has 0 unspecified atom stereocenters. The molecule has 1 saturated heterocycles. The van der Waals surface area contributed by atoms with E-state index in [1.165, 1.54) is 18.7 Å². The number of esters is 1. The fourth-order valence-electron chi connectivity index (χ4n) is 4.53. The Balaban J connectivity index is 1.57. The van der Waals surface area contributed by atoms with Gasteiger partial charge in [0.25, 0.3) is 5.91 Å². The van der Waals surface area contributed by atoms with Gasteiger partial charge in [0.15, 0.2) is 0 Å². The van der Waals surface area contributed by atoms with E-state index in [0.29, 0.717) is 23.6 Å². The second-order valence-corrected chi connectivity index (χ2v) is 9.37. The number of hydrogen-bond donors (Lipinski definition) is 2. The number of ether oxygens (including phenoxy) is 1. The summed E-state index contributed by atoms with van der Waals surface area (Å²) in [6.45, 7) is 6.54. The second kappa shape index (κ2) is 12.1. The molecule has 3 N–H and O–H groups in total. The van der Waals surface area contributed by atoms with Crippen LogP contribution in [0.5, 0.6) is 0 Å². The highest BCUT2D eigenvalue weighted by Gasteiger charge is 2.18. The van der Waals surface area contributed by atoms with Gasteiger partial charge in [0, 0.05) is 44.8 Å². The average molecular weight is 493 g/mol. The second-order valence-electron chi connectivity index (χ2n) is 9.37. The zero-order chi connectivity index (χ0) is 25.5. The van der Waals surface area contributed by atoms with Crippen LogP contribution in [0.4, 0.5) is 5.95 Å². The number of nitrogens with zero attached hydrogens (tertiary/aromatic N) is 4. The molecule has 3 aromatic rings. The molecule has 0 spiro atoms. The van der Waals surface area contributed by atoms with Gasteiger partial charge >= 0.3 is 5.97 Å². The van der Waals surface area contributed by atoms with Gasteiger partial charge in [0.2, 0.25) is 5.95 Å². The molecule has 9 nitrogen and oxygen atoms in total. The van der Waals surface area contributed by atoms with Crippen LogP contribution in [0.2, 0.25) is 0 Å². The molecule has 1 fully saturated rings. The third-order valence-corrected chi connectivity index (χ3v) is 6.67. The lowest BCUT2D eigenvalue weighted by Crippen LogP contribution is -2.43. The molecule has 1 aliphatic rings. The fourth-order valence-corrected chi connectivity index (χ4v) is 4.53. The van der Waals surface area contributed by atoms with Crippen molar-refractivity contribution in [2.75, 3.05) is 52.2 Å². The van der Waals surface area contributed by atoms with Gasteiger partial charge in [-0.05, 0) is 62.3 Å². The molecule has 0 saturated carbocycles. The van der Waals surface area contributed by atoms with E-state index in [1.54, 1.807) is 18.2 Å². The number of rotatable bonds is 10. The number of carbonyl (C=O) groups excluding carboxylic acids is 2. The smallest absolute Gasteiger partial charge is 0.337 e. The quantitative estimate of drug-likeness (QED) is 0.331. The molecular weight excluding hydrogens is 456 g/mol. The maximum atomic E-state index is 13.1. The Hall–Kier alpha value is -3.27. The molecule has 0 aliphatic carbocycles. The van der Waals surface area contributed by atoms with Gasteiger partial charge in [-0.1, -0.05) is 18.6 Å². The number of benzene rings is 2. The molecule has 9 heteroatoms. The van der Waals surface area contributed by atoms with E-state index in [-0.39, 0.29) is 5.91 Å². The molecule has 0 bridgehead atoms. The van der Waals surface area contributed by atoms with Crippen LogP contribution in [0.25, 0.3) is 11.0 Å². The van der Waals surface area contributed by atoms with Gasteiger partial charge < -0.3 is 19.9 Å². The van der Waals surface area contributed by atoms with Crippen LogP contribution in [0, 0.1) is 0 Å². The minimum Gasteiger partial charge on any atom is -0.465 e. The topological polar surface area (TPSA) is 106 Å². The Morgan fingerprint density at radius 3 is 2.56 bits per heavy atom. The number of piperazine rings is 1. The molecular formula is C27H36N6O3. The van der Waals surface area contributed by atoms with Crippen molar-refractivity contribution >= 4 is 28.9 Å². The number of hydrogen-bond acceptors (Lipinski definition) is 7. The third-order valence-electron chi connectivity index (χ3n) is 6.67. The first kappa shape index (κ1) is 25.8. The number of likely N-dealkylation sites (N-methyl/N-ethyl adjacent to an activating group) is 1. The van der Waals surface area contributed by atoms with Gasteiger partial charge in [0.05, 0.1) is 23.7 Å². The number of carbonyl (C=O) groups is 2. The van der Waals surface area contributed by atoms with Gasteiger partial charge in [-0.2, -0.15) is 0 Å². The van der Waals surface area contributed by atoms with Crippen molar-refractivity contribution in [1.82, 2.24) is 19.4 Å². The van der Waals surface area contributed by atoms with E-state index in [1.807, 2.05) is 0 Å². The number of anilines is 1. The maximum Gasteiger partial charge on any atom is 0.337 e. The van der Waals surface area contributed by atoms with Gasteiger partial charge in [-0.25, -0.2) is 9.78 Å². The third kappa shape index (κ3) is 6.29. The molecule has 1 amide bonds. The lowest BCUT2D eigenvalue weighted by atomic mass is 10.1. The van der Waals surface area contributed by atoms with Crippen LogP contribution in [0.15, 0.2) is 42.5 Å².